The van der Waals surface area contributed by atoms with Gasteiger partial charge < -0.3 is 10.6 Å². The Hall–Kier alpha value is -1.16. The van der Waals surface area contributed by atoms with Gasteiger partial charge in [-0.3, -0.25) is 0 Å². The number of nitrogens with two attached hydrogens (primary N) is 1. The minimum atomic E-state index is -0.398. The number of halogens is 2. The van der Waals surface area contributed by atoms with Crippen LogP contribution in [0, 0.1) is 11.6 Å². The van der Waals surface area contributed by atoms with Crippen molar-refractivity contribution in [3.05, 3.63) is 29.3 Å². The Kier molecular flexibility index (Phi) is 4.24. The molecule has 4 heteroatoms. The first-order valence-corrected chi connectivity index (χ1v) is 5.34. The van der Waals surface area contributed by atoms with Crippen molar-refractivity contribution in [1.82, 2.24) is 0 Å². The van der Waals surface area contributed by atoms with E-state index in [4.69, 9.17) is 5.73 Å². The average Bonchev–Trinajstić information content (AvgIpc) is 2.20. The van der Waals surface area contributed by atoms with E-state index < -0.39 is 5.82 Å². The first kappa shape index (κ1) is 12.9. The summed E-state index contributed by atoms with van der Waals surface area (Å²) in [6.07, 6.45) is 0.640. The van der Waals surface area contributed by atoms with E-state index in [1.54, 1.807) is 19.0 Å². The Labute approximate surface area is 95.1 Å². The minimum absolute atomic E-state index is 0.0851. The third-order valence-electron chi connectivity index (χ3n) is 2.65. The highest BCUT2D eigenvalue weighted by atomic mass is 19.1. The van der Waals surface area contributed by atoms with Gasteiger partial charge in [-0.15, -0.1) is 0 Å². The molecule has 1 aromatic carbocycles. The van der Waals surface area contributed by atoms with Crippen molar-refractivity contribution in [2.24, 2.45) is 5.73 Å². The summed E-state index contributed by atoms with van der Waals surface area (Å²) in [5.41, 5.74) is 6.18. The summed E-state index contributed by atoms with van der Waals surface area (Å²) in [6, 6.07) is 2.33. The summed E-state index contributed by atoms with van der Waals surface area (Å²) >= 11 is 0. The lowest BCUT2D eigenvalue weighted by atomic mass is 9.95. The lowest BCUT2D eigenvalue weighted by molar-refractivity contribution is 0.558. The second-order valence-corrected chi connectivity index (χ2v) is 4.16. The highest BCUT2D eigenvalue weighted by Gasteiger charge is 2.20. The van der Waals surface area contributed by atoms with Gasteiger partial charge in [-0.25, -0.2) is 8.78 Å². The van der Waals surface area contributed by atoms with Crippen molar-refractivity contribution in [1.29, 1.82) is 0 Å². The second kappa shape index (κ2) is 5.25. The number of rotatable bonds is 4. The summed E-state index contributed by atoms with van der Waals surface area (Å²) in [5, 5.41) is 0. The van der Waals surface area contributed by atoms with Gasteiger partial charge in [0.05, 0.1) is 5.69 Å². The van der Waals surface area contributed by atoms with Crippen LogP contribution in [0.5, 0.6) is 0 Å². The topological polar surface area (TPSA) is 29.3 Å². The molecule has 0 saturated carbocycles. The van der Waals surface area contributed by atoms with Crippen LogP contribution in [-0.2, 0) is 0 Å². The van der Waals surface area contributed by atoms with Crippen LogP contribution in [0.3, 0.4) is 0 Å². The molecule has 0 aliphatic carbocycles. The molecule has 16 heavy (non-hydrogen) atoms. The summed E-state index contributed by atoms with van der Waals surface area (Å²) in [5.74, 6) is -0.852. The molecule has 0 amide bonds. The third-order valence-corrected chi connectivity index (χ3v) is 2.65. The maximum absolute atomic E-state index is 13.7. The molecule has 0 spiro atoms. The van der Waals surface area contributed by atoms with Crippen LogP contribution in [0.15, 0.2) is 12.1 Å². The molecule has 2 nitrogen and oxygen atoms in total. The van der Waals surface area contributed by atoms with Crippen LogP contribution in [0.1, 0.15) is 24.8 Å². The van der Waals surface area contributed by atoms with Crippen molar-refractivity contribution in [2.45, 2.75) is 19.3 Å². The average molecular weight is 228 g/mol. The normalized spacial score (nSPS) is 12.6. The predicted molar refractivity (Wildman–Crippen MR) is 62.8 cm³/mol. The quantitative estimate of drug-likeness (QED) is 0.857. The lowest BCUT2D eigenvalue weighted by Crippen LogP contribution is -2.17. The van der Waals surface area contributed by atoms with E-state index in [0.29, 0.717) is 24.2 Å². The molecular formula is C12H18F2N2. The highest BCUT2D eigenvalue weighted by molar-refractivity contribution is 5.55. The maximum Gasteiger partial charge on any atom is 0.146 e. The molecule has 0 fully saturated rings. The van der Waals surface area contributed by atoms with Gasteiger partial charge in [0.25, 0.3) is 0 Å². The molecule has 0 aliphatic rings. The fraction of sp³-hybridized carbons (Fsp3) is 0.500. The highest BCUT2D eigenvalue weighted by Crippen LogP contribution is 2.33. The standard InChI is InChI=1S/C12H18F2N2/c1-8(6-7-15)11-9(13)4-5-10(14)12(11)16(2)3/h4-5,8H,6-7,15H2,1-3H3. The number of hydrogen-bond acceptors (Lipinski definition) is 2. The number of anilines is 1. The number of benzene rings is 1. The Balaban J connectivity index is 3.28. The molecule has 0 aliphatic heterocycles. The van der Waals surface area contributed by atoms with E-state index in [1.807, 2.05) is 6.92 Å². The first-order chi connectivity index (χ1) is 7.49. The Morgan fingerprint density at radius 2 is 1.81 bits per heavy atom. The SMILES string of the molecule is CC(CCN)c1c(F)ccc(F)c1N(C)C. The van der Waals surface area contributed by atoms with Crippen molar-refractivity contribution in [3.63, 3.8) is 0 Å². The zero-order valence-electron chi connectivity index (χ0n) is 9.93. The molecule has 1 rings (SSSR count). The first-order valence-electron chi connectivity index (χ1n) is 5.34. The zero-order valence-corrected chi connectivity index (χ0v) is 9.93. The van der Waals surface area contributed by atoms with Crippen molar-refractivity contribution in [3.8, 4) is 0 Å². The molecule has 1 unspecified atom stereocenters. The van der Waals surface area contributed by atoms with Crippen molar-refractivity contribution >= 4 is 5.69 Å². The summed E-state index contributed by atoms with van der Waals surface area (Å²) in [4.78, 5) is 1.60. The van der Waals surface area contributed by atoms with Gasteiger partial charge in [0.2, 0.25) is 0 Å². The molecule has 0 heterocycles. The van der Waals surface area contributed by atoms with Gasteiger partial charge in [-0.2, -0.15) is 0 Å². The van der Waals surface area contributed by atoms with Crippen molar-refractivity contribution < 1.29 is 8.78 Å². The molecule has 0 bridgehead atoms. The van der Waals surface area contributed by atoms with E-state index in [-0.39, 0.29) is 11.7 Å². The van der Waals surface area contributed by atoms with Gasteiger partial charge in [-0.05, 0) is 31.0 Å². The molecule has 2 N–H and O–H groups in total. The Morgan fingerprint density at radius 3 is 2.31 bits per heavy atom. The molecular weight excluding hydrogens is 210 g/mol. The fourth-order valence-electron chi connectivity index (χ4n) is 1.87. The van der Waals surface area contributed by atoms with Crippen LogP contribution in [-0.4, -0.2) is 20.6 Å². The smallest absolute Gasteiger partial charge is 0.146 e. The van der Waals surface area contributed by atoms with E-state index >= 15 is 0 Å². The van der Waals surface area contributed by atoms with Crippen LogP contribution in [0.2, 0.25) is 0 Å². The molecule has 1 atom stereocenters. The molecule has 0 radical (unpaired) electrons. The van der Waals surface area contributed by atoms with Gasteiger partial charge in [-0.1, -0.05) is 6.92 Å². The summed E-state index contributed by atoms with van der Waals surface area (Å²) in [7, 11) is 3.41. The molecule has 0 aromatic heterocycles. The summed E-state index contributed by atoms with van der Waals surface area (Å²) in [6.45, 7) is 2.32. The second-order valence-electron chi connectivity index (χ2n) is 4.16. The van der Waals surface area contributed by atoms with Gasteiger partial charge >= 0.3 is 0 Å². The van der Waals surface area contributed by atoms with Crippen molar-refractivity contribution in [2.75, 3.05) is 25.5 Å². The van der Waals surface area contributed by atoms with Gasteiger partial charge in [0, 0.05) is 19.7 Å². The van der Waals surface area contributed by atoms with E-state index in [9.17, 15) is 8.78 Å². The summed E-state index contributed by atoms with van der Waals surface area (Å²) < 4.78 is 27.4. The fourth-order valence-corrected chi connectivity index (χ4v) is 1.87. The number of hydrogen-bond donors (Lipinski definition) is 1. The predicted octanol–water partition coefficient (Wildman–Crippen LogP) is 2.48. The van der Waals surface area contributed by atoms with Crippen LogP contribution >= 0.6 is 0 Å². The Bertz CT molecular complexity index is 364. The molecule has 90 valence electrons. The lowest BCUT2D eigenvalue weighted by Gasteiger charge is -2.22. The van der Waals surface area contributed by atoms with Gasteiger partial charge in [0.1, 0.15) is 11.6 Å². The Morgan fingerprint density at radius 1 is 1.25 bits per heavy atom. The van der Waals surface area contributed by atoms with E-state index in [0.717, 1.165) is 6.07 Å². The largest absolute Gasteiger partial charge is 0.375 e. The monoisotopic (exact) mass is 228 g/mol. The van der Waals surface area contributed by atoms with Crippen LogP contribution < -0.4 is 10.6 Å². The molecule has 1 aromatic rings. The van der Waals surface area contributed by atoms with Crippen LogP contribution in [0.25, 0.3) is 0 Å². The maximum atomic E-state index is 13.7. The van der Waals surface area contributed by atoms with Crippen LogP contribution in [0.4, 0.5) is 14.5 Å². The van der Waals surface area contributed by atoms with E-state index in [2.05, 4.69) is 0 Å². The minimum Gasteiger partial charge on any atom is -0.375 e. The number of nitrogens with zero attached hydrogens (tertiary/aromatic N) is 1. The van der Waals surface area contributed by atoms with E-state index in [1.165, 1.54) is 6.07 Å². The third kappa shape index (κ3) is 2.50. The zero-order chi connectivity index (χ0) is 12.3. The van der Waals surface area contributed by atoms with Gasteiger partial charge in [0.15, 0.2) is 0 Å². The molecule has 0 saturated heterocycles.